The highest BCUT2D eigenvalue weighted by Gasteiger charge is 2.11. The van der Waals surface area contributed by atoms with Crippen LogP contribution in [0.1, 0.15) is 37.5 Å². The predicted octanol–water partition coefficient (Wildman–Crippen LogP) is 3.09. The number of hydrogen-bond donors (Lipinski definition) is 1. The summed E-state index contributed by atoms with van der Waals surface area (Å²) in [5.41, 5.74) is 2.50. The van der Waals surface area contributed by atoms with Crippen molar-refractivity contribution in [2.24, 2.45) is 0 Å². The van der Waals surface area contributed by atoms with Crippen LogP contribution in [0, 0.1) is 6.92 Å². The van der Waals surface area contributed by atoms with Crippen LogP contribution in [0.5, 0.6) is 0 Å². The molecular weight excluding hydrogens is 238 g/mol. The second-order valence-electron chi connectivity index (χ2n) is 4.69. The zero-order valence-corrected chi connectivity index (χ0v) is 12.4. The minimum absolute atomic E-state index is 0.103. The minimum atomic E-state index is 0.103. The van der Waals surface area contributed by atoms with Gasteiger partial charge in [-0.2, -0.15) is 0 Å². The van der Waals surface area contributed by atoms with E-state index in [-0.39, 0.29) is 6.10 Å². The molecule has 0 spiro atoms. The summed E-state index contributed by atoms with van der Waals surface area (Å²) >= 11 is 0. The summed E-state index contributed by atoms with van der Waals surface area (Å²) in [5.74, 6) is 0. The van der Waals surface area contributed by atoms with E-state index in [9.17, 15) is 0 Å². The molecule has 0 amide bonds. The molecule has 1 aromatic carbocycles. The average molecular weight is 265 g/mol. The van der Waals surface area contributed by atoms with E-state index >= 15 is 0 Å². The third kappa shape index (κ3) is 6.71. The second-order valence-corrected chi connectivity index (χ2v) is 4.69. The van der Waals surface area contributed by atoms with Crippen LogP contribution < -0.4 is 5.32 Å². The van der Waals surface area contributed by atoms with Crippen LogP contribution in [0.4, 0.5) is 0 Å². The number of nitrogens with one attached hydrogen (secondary N) is 1. The molecule has 0 radical (unpaired) electrons. The smallest absolute Gasteiger partial charge is 0.0950 e. The maximum absolute atomic E-state index is 5.93. The summed E-state index contributed by atoms with van der Waals surface area (Å²) < 4.78 is 11.4. The van der Waals surface area contributed by atoms with Crippen LogP contribution in [0.3, 0.4) is 0 Å². The molecule has 108 valence electrons. The van der Waals surface area contributed by atoms with Gasteiger partial charge in [0.05, 0.1) is 19.3 Å². The Morgan fingerprint density at radius 1 is 1.05 bits per heavy atom. The summed E-state index contributed by atoms with van der Waals surface area (Å²) in [6.45, 7) is 10.2. The number of hydrogen-bond acceptors (Lipinski definition) is 3. The van der Waals surface area contributed by atoms with E-state index in [0.717, 1.165) is 26.1 Å². The van der Waals surface area contributed by atoms with Crippen LogP contribution >= 0.6 is 0 Å². The highest BCUT2D eigenvalue weighted by Crippen LogP contribution is 2.17. The van der Waals surface area contributed by atoms with Gasteiger partial charge in [-0.25, -0.2) is 0 Å². The van der Waals surface area contributed by atoms with Crippen molar-refractivity contribution in [1.82, 2.24) is 5.32 Å². The summed E-state index contributed by atoms with van der Waals surface area (Å²) in [4.78, 5) is 0. The standard InChI is InChI=1S/C16H27NO2/c1-4-10-18-11-12-19-16(13-17-5-2)15-8-6-14(3)7-9-15/h6-9,16-17H,4-5,10-13H2,1-3H3. The zero-order valence-electron chi connectivity index (χ0n) is 12.4. The monoisotopic (exact) mass is 265 g/mol. The Labute approximate surface area is 117 Å². The highest BCUT2D eigenvalue weighted by atomic mass is 16.5. The lowest BCUT2D eigenvalue weighted by Crippen LogP contribution is -2.24. The molecule has 0 heterocycles. The van der Waals surface area contributed by atoms with E-state index in [1.165, 1.54) is 11.1 Å². The summed E-state index contributed by atoms with van der Waals surface area (Å²) in [6, 6.07) is 8.55. The molecule has 0 bridgehead atoms. The van der Waals surface area contributed by atoms with E-state index in [1.54, 1.807) is 0 Å². The molecule has 3 heteroatoms. The van der Waals surface area contributed by atoms with Gasteiger partial charge >= 0.3 is 0 Å². The van der Waals surface area contributed by atoms with Crippen molar-refractivity contribution >= 4 is 0 Å². The van der Waals surface area contributed by atoms with Crippen molar-refractivity contribution in [1.29, 1.82) is 0 Å². The van der Waals surface area contributed by atoms with Crippen LogP contribution in [-0.2, 0) is 9.47 Å². The van der Waals surface area contributed by atoms with Crippen molar-refractivity contribution in [3.63, 3.8) is 0 Å². The molecule has 0 saturated carbocycles. The first-order valence-corrected chi connectivity index (χ1v) is 7.24. The number of likely N-dealkylation sites (N-methyl/N-ethyl adjacent to an activating group) is 1. The third-order valence-corrected chi connectivity index (χ3v) is 2.92. The number of ether oxygens (including phenoxy) is 2. The Bertz CT molecular complexity index is 324. The SMILES string of the molecule is CCCOCCOC(CNCC)c1ccc(C)cc1. The van der Waals surface area contributed by atoms with Gasteiger partial charge in [0.15, 0.2) is 0 Å². The molecular formula is C16H27NO2. The van der Waals surface area contributed by atoms with Crippen molar-refractivity contribution in [3.8, 4) is 0 Å². The molecule has 0 fully saturated rings. The quantitative estimate of drug-likeness (QED) is 0.659. The molecule has 1 unspecified atom stereocenters. The second kappa shape index (κ2) is 9.96. The molecule has 1 rings (SSSR count). The Balaban J connectivity index is 2.44. The lowest BCUT2D eigenvalue weighted by Gasteiger charge is -2.19. The van der Waals surface area contributed by atoms with E-state index in [0.29, 0.717) is 13.2 Å². The predicted molar refractivity (Wildman–Crippen MR) is 79.5 cm³/mol. The molecule has 0 aliphatic heterocycles. The zero-order chi connectivity index (χ0) is 13.9. The van der Waals surface area contributed by atoms with Gasteiger partial charge in [-0.15, -0.1) is 0 Å². The fourth-order valence-corrected chi connectivity index (χ4v) is 1.83. The normalized spacial score (nSPS) is 12.6. The Morgan fingerprint density at radius 2 is 1.79 bits per heavy atom. The van der Waals surface area contributed by atoms with Gasteiger partial charge in [0, 0.05) is 13.2 Å². The van der Waals surface area contributed by atoms with E-state index in [4.69, 9.17) is 9.47 Å². The van der Waals surface area contributed by atoms with Crippen molar-refractivity contribution in [2.75, 3.05) is 32.9 Å². The van der Waals surface area contributed by atoms with Crippen molar-refractivity contribution in [3.05, 3.63) is 35.4 Å². The maximum Gasteiger partial charge on any atom is 0.0950 e. The largest absolute Gasteiger partial charge is 0.379 e. The molecule has 1 atom stereocenters. The van der Waals surface area contributed by atoms with Gasteiger partial charge in [0.1, 0.15) is 0 Å². The van der Waals surface area contributed by atoms with Crippen LogP contribution in [0.15, 0.2) is 24.3 Å². The maximum atomic E-state index is 5.93. The minimum Gasteiger partial charge on any atom is -0.379 e. The molecule has 0 aromatic heterocycles. The molecule has 1 aromatic rings. The van der Waals surface area contributed by atoms with Crippen molar-refractivity contribution < 1.29 is 9.47 Å². The van der Waals surface area contributed by atoms with E-state index in [2.05, 4.69) is 50.4 Å². The Hall–Kier alpha value is -0.900. The molecule has 3 nitrogen and oxygen atoms in total. The van der Waals surface area contributed by atoms with Gasteiger partial charge in [-0.05, 0) is 25.5 Å². The van der Waals surface area contributed by atoms with Gasteiger partial charge in [-0.3, -0.25) is 0 Å². The summed E-state index contributed by atoms with van der Waals surface area (Å²) in [7, 11) is 0. The van der Waals surface area contributed by atoms with E-state index < -0.39 is 0 Å². The fraction of sp³-hybridized carbons (Fsp3) is 0.625. The van der Waals surface area contributed by atoms with Crippen LogP contribution in [0.25, 0.3) is 0 Å². The van der Waals surface area contributed by atoms with Gasteiger partial charge in [0.2, 0.25) is 0 Å². The van der Waals surface area contributed by atoms with Crippen molar-refractivity contribution in [2.45, 2.75) is 33.3 Å². The molecule has 1 N–H and O–H groups in total. The summed E-state index contributed by atoms with van der Waals surface area (Å²) in [6.07, 6.45) is 1.16. The first-order chi connectivity index (χ1) is 9.27. The van der Waals surface area contributed by atoms with Crippen LogP contribution in [-0.4, -0.2) is 32.9 Å². The number of rotatable bonds is 10. The van der Waals surface area contributed by atoms with E-state index in [1.807, 2.05) is 0 Å². The first-order valence-electron chi connectivity index (χ1n) is 7.24. The lowest BCUT2D eigenvalue weighted by atomic mass is 10.1. The van der Waals surface area contributed by atoms with Gasteiger partial charge < -0.3 is 14.8 Å². The van der Waals surface area contributed by atoms with Gasteiger partial charge in [-0.1, -0.05) is 43.7 Å². The van der Waals surface area contributed by atoms with Gasteiger partial charge in [0.25, 0.3) is 0 Å². The Morgan fingerprint density at radius 3 is 2.42 bits per heavy atom. The molecule has 0 aliphatic carbocycles. The lowest BCUT2D eigenvalue weighted by molar-refractivity contribution is 0.00445. The number of aryl methyl sites for hydroxylation is 1. The topological polar surface area (TPSA) is 30.5 Å². The molecule has 0 saturated heterocycles. The van der Waals surface area contributed by atoms with Crippen LogP contribution in [0.2, 0.25) is 0 Å². The average Bonchev–Trinajstić information content (AvgIpc) is 2.43. The highest BCUT2D eigenvalue weighted by molar-refractivity contribution is 5.23. The third-order valence-electron chi connectivity index (χ3n) is 2.92. The Kier molecular flexibility index (Phi) is 8.47. The number of benzene rings is 1. The first kappa shape index (κ1) is 16.2. The molecule has 19 heavy (non-hydrogen) atoms. The fourth-order valence-electron chi connectivity index (χ4n) is 1.83. The molecule has 0 aliphatic rings. The summed E-state index contributed by atoms with van der Waals surface area (Å²) in [5, 5.41) is 3.35.